The average molecular weight is 273 g/mol. The lowest BCUT2D eigenvalue weighted by molar-refractivity contribution is 0.438. The molecule has 0 fully saturated rings. The molecule has 1 aromatic heterocycles. The van der Waals surface area contributed by atoms with Gasteiger partial charge in [-0.05, 0) is 12.1 Å². The van der Waals surface area contributed by atoms with E-state index in [-0.39, 0.29) is 5.88 Å². The lowest BCUT2D eigenvalue weighted by Crippen LogP contribution is -2.08. The van der Waals surface area contributed by atoms with Gasteiger partial charge in [0.05, 0.1) is 6.26 Å². The van der Waals surface area contributed by atoms with E-state index in [0.717, 1.165) is 11.8 Å². The van der Waals surface area contributed by atoms with Crippen LogP contribution in [0.3, 0.4) is 0 Å². The smallest absolute Gasteiger partial charge is 0.238 e. The monoisotopic (exact) mass is 272 g/mol. The Morgan fingerprint density at radius 1 is 1.29 bits per heavy atom. The summed E-state index contributed by atoms with van der Waals surface area (Å²) >= 11 is 5.76. The third-order valence-corrected chi connectivity index (χ3v) is 2.76. The molecule has 0 spiro atoms. The maximum atomic E-state index is 11.0. The second kappa shape index (κ2) is 4.38. The molecule has 0 saturated heterocycles. The Kier molecular flexibility index (Phi) is 3.08. The van der Waals surface area contributed by atoms with Crippen LogP contribution >= 0.6 is 11.6 Å². The van der Waals surface area contributed by atoms with Crippen molar-refractivity contribution in [3.8, 4) is 11.3 Å². The molecule has 0 aliphatic rings. The molecular weight excluding hydrogens is 264 g/mol. The average Bonchev–Trinajstić information content (AvgIpc) is 2.64. The topological polar surface area (TPSA) is 72.2 Å². The highest BCUT2D eigenvalue weighted by molar-refractivity contribution is 7.92. The Balaban J connectivity index is 2.27. The minimum atomic E-state index is -3.36. The normalized spacial score (nSPS) is 11.4. The Labute approximate surface area is 103 Å². The molecule has 2 rings (SSSR count). The zero-order valence-corrected chi connectivity index (χ0v) is 10.4. The van der Waals surface area contributed by atoms with Crippen molar-refractivity contribution < 1.29 is 12.9 Å². The van der Waals surface area contributed by atoms with E-state index in [1.807, 2.05) is 0 Å². The lowest BCUT2D eigenvalue weighted by atomic mass is 10.1. The summed E-state index contributed by atoms with van der Waals surface area (Å²) in [6.07, 6.45) is 1.04. The first-order valence-electron chi connectivity index (χ1n) is 4.64. The number of nitrogens with zero attached hydrogens (tertiary/aromatic N) is 1. The Hall–Kier alpha value is -1.53. The van der Waals surface area contributed by atoms with Crippen molar-refractivity contribution in [3.63, 3.8) is 0 Å². The number of nitrogens with one attached hydrogen (secondary N) is 1. The van der Waals surface area contributed by atoms with E-state index >= 15 is 0 Å². The van der Waals surface area contributed by atoms with E-state index in [9.17, 15) is 8.42 Å². The molecule has 0 amide bonds. The molecule has 1 N–H and O–H groups in total. The van der Waals surface area contributed by atoms with E-state index in [1.165, 1.54) is 6.07 Å². The molecule has 0 radical (unpaired) electrons. The molecule has 0 saturated carbocycles. The van der Waals surface area contributed by atoms with Crippen LogP contribution in [0.15, 0.2) is 34.9 Å². The fourth-order valence-electron chi connectivity index (χ4n) is 1.26. The number of anilines is 1. The van der Waals surface area contributed by atoms with Gasteiger partial charge < -0.3 is 4.52 Å². The fraction of sp³-hybridized carbons (Fsp3) is 0.100. The van der Waals surface area contributed by atoms with Gasteiger partial charge in [0.2, 0.25) is 15.9 Å². The molecule has 0 atom stereocenters. The minimum Gasteiger partial charge on any atom is -0.337 e. The SMILES string of the molecule is CS(=O)(=O)Nc1cc(-c2ccc(Cl)cc2)no1. The van der Waals surface area contributed by atoms with Crippen molar-refractivity contribution >= 4 is 27.5 Å². The summed E-state index contributed by atoms with van der Waals surface area (Å²) in [6.45, 7) is 0. The second-order valence-corrected chi connectivity index (χ2v) is 5.64. The summed E-state index contributed by atoms with van der Waals surface area (Å²) in [5.74, 6) is 0.0810. The summed E-state index contributed by atoms with van der Waals surface area (Å²) in [7, 11) is -3.36. The standard InChI is InChI=1S/C10H9ClN2O3S/c1-17(14,15)13-10-6-9(12-16-10)7-2-4-8(11)5-3-7/h2-6,13H,1H3. The highest BCUT2D eigenvalue weighted by Gasteiger charge is 2.09. The zero-order chi connectivity index (χ0) is 12.5. The number of aromatic nitrogens is 1. The molecule has 0 bridgehead atoms. The zero-order valence-electron chi connectivity index (χ0n) is 8.84. The molecule has 0 unspecified atom stereocenters. The molecule has 1 aromatic carbocycles. The summed E-state index contributed by atoms with van der Waals surface area (Å²) in [5.41, 5.74) is 1.33. The Morgan fingerprint density at radius 3 is 2.53 bits per heavy atom. The van der Waals surface area contributed by atoms with Gasteiger partial charge in [-0.2, -0.15) is 0 Å². The third-order valence-electron chi connectivity index (χ3n) is 1.94. The maximum absolute atomic E-state index is 11.0. The van der Waals surface area contributed by atoms with E-state index < -0.39 is 10.0 Å². The van der Waals surface area contributed by atoms with Crippen LogP contribution in [0.2, 0.25) is 5.02 Å². The van der Waals surface area contributed by atoms with Gasteiger partial charge in [0.1, 0.15) is 5.69 Å². The van der Waals surface area contributed by atoms with Crippen LogP contribution in [0.5, 0.6) is 0 Å². The number of rotatable bonds is 3. The van der Waals surface area contributed by atoms with E-state index in [4.69, 9.17) is 16.1 Å². The van der Waals surface area contributed by atoms with Crippen LogP contribution < -0.4 is 4.72 Å². The molecule has 7 heteroatoms. The number of halogens is 1. The van der Waals surface area contributed by atoms with Crippen LogP contribution in [0.4, 0.5) is 5.88 Å². The van der Waals surface area contributed by atoms with Gasteiger partial charge in [-0.1, -0.05) is 28.9 Å². The Bertz CT molecular complexity index is 619. The number of sulfonamides is 1. The van der Waals surface area contributed by atoms with E-state index in [1.54, 1.807) is 24.3 Å². The molecule has 0 aliphatic carbocycles. The predicted octanol–water partition coefficient (Wildman–Crippen LogP) is 2.37. The first-order chi connectivity index (χ1) is 7.94. The summed E-state index contributed by atoms with van der Waals surface area (Å²) < 4.78 is 29.0. The quantitative estimate of drug-likeness (QED) is 0.931. The summed E-state index contributed by atoms with van der Waals surface area (Å²) in [5, 5.41) is 4.37. The number of hydrogen-bond acceptors (Lipinski definition) is 4. The van der Waals surface area contributed by atoms with Crippen LogP contribution in [-0.4, -0.2) is 19.8 Å². The molecule has 1 heterocycles. The third kappa shape index (κ3) is 3.21. The first-order valence-corrected chi connectivity index (χ1v) is 6.91. The molecule has 2 aromatic rings. The highest BCUT2D eigenvalue weighted by atomic mass is 35.5. The first kappa shape index (κ1) is 11.9. The van der Waals surface area contributed by atoms with Crippen LogP contribution in [0.1, 0.15) is 0 Å². The molecular formula is C10H9ClN2O3S. The number of benzene rings is 1. The minimum absolute atomic E-state index is 0.0810. The van der Waals surface area contributed by atoms with Gasteiger partial charge in [0.15, 0.2) is 0 Å². The van der Waals surface area contributed by atoms with Gasteiger partial charge in [-0.3, -0.25) is 4.72 Å². The summed E-state index contributed by atoms with van der Waals surface area (Å²) in [6, 6.07) is 8.48. The van der Waals surface area contributed by atoms with Gasteiger partial charge in [-0.25, -0.2) is 8.42 Å². The molecule has 5 nitrogen and oxygen atoms in total. The van der Waals surface area contributed by atoms with Gasteiger partial charge in [0.25, 0.3) is 0 Å². The van der Waals surface area contributed by atoms with Crippen LogP contribution in [0, 0.1) is 0 Å². The van der Waals surface area contributed by atoms with E-state index in [2.05, 4.69) is 9.88 Å². The van der Waals surface area contributed by atoms with Crippen molar-refractivity contribution in [1.82, 2.24) is 5.16 Å². The lowest BCUT2D eigenvalue weighted by Gasteiger charge is -1.95. The van der Waals surface area contributed by atoms with Crippen LogP contribution in [-0.2, 0) is 10.0 Å². The van der Waals surface area contributed by atoms with Gasteiger partial charge in [0, 0.05) is 16.7 Å². The van der Waals surface area contributed by atoms with Crippen molar-refractivity contribution in [2.45, 2.75) is 0 Å². The fourth-order valence-corrected chi connectivity index (χ4v) is 1.85. The van der Waals surface area contributed by atoms with Crippen molar-refractivity contribution in [3.05, 3.63) is 35.4 Å². The second-order valence-electron chi connectivity index (χ2n) is 3.46. The number of hydrogen-bond donors (Lipinski definition) is 1. The van der Waals surface area contributed by atoms with Gasteiger partial charge >= 0.3 is 0 Å². The van der Waals surface area contributed by atoms with Crippen molar-refractivity contribution in [1.29, 1.82) is 0 Å². The maximum Gasteiger partial charge on any atom is 0.238 e. The molecule has 90 valence electrons. The Morgan fingerprint density at radius 2 is 1.94 bits per heavy atom. The van der Waals surface area contributed by atoms with Gasteiger partial charge in [-0.15, -0.1) is 0 Å². The molecule has 17 heavy (non-hydrogen) atoms. The molecule has 0 aliphatic heterocycles. The van der Waals surface area contributed by atoms with E-state index in [0.29, 0.717) is 10.7 Å². The largest absolute Gasteiger partial charge is 0.337 e. The van der Waals surface area contributed by atoms with Crippen LogP contribution in [0.25, 0.3) is 11.3 Å². The summed E-state index contributed by atoms with van der Waals surface area (Å²) in [4.78, 5) is 0. The predicted molar refractivity (Wildman–Crippen MR) is 65.4 cm³/mol. The van der Waals surface area contributed by atoms with Crippen molar-refractivity contribution in [2.75, 3.05) is 11.0 Å². The van der Waals surface area contributed by atoms with Crippen molar-refractivity contribution in [2.24, 2.45) is 0 Å². The highest BCUT2D eigenvalue weighted by Crippen LogP contribution is 2.23.